The number of benzene rings is 1. The first-order chi connectivity index (χ1) is 12.1. The van der Waals surface area contributed by atoms with Gasteiger partial charge in [-0.2, -0.15) is 5.10 Å². The Bertz CT molecular complexity index is 845. The van der Waals surface area contributed by atoms with E-state index in [9.17, 15) is 9.59 Å². The molecule has 7 heteroatoms. The molecule has 1 aromatic heterocycles. The predicted octanol–water partition coefficient (Wildman–Crippen LogP) is 0.868. The van der Waals surface area contributed by atoms with Crippen molar-refractivity contribution in [3.05, 3.63) is 47.3 Å². The summed E-state index contributed by atoms with van der Waals surface area (Å²) in [5, 5.41) is 13.4. The molecule has 130 valence electrons. The third-order valence-electron chi connectivity index (χ3n) is 5.08. The van der Waals surface area contributed by atoms with Gasteiger partial charge >= 0.3 is 0 Å². The smallest absolute Gasteiger partial charge is 0.231 e. The first-order valence-electron chi connectivity index (χ1n) is 8.39. The van der Waals surface area contributed by atoms with Gasteiger partial charge in [-0.25, -0.2) is 0 Å². The third kappa shape index (κ3) is 2.51. The molecule has 2 amide bonds. The molecule has 2 aliphatic heterocycles. The molecule has 0 spiro atoms. The van der Waals surface area contributed by atoms with Crippen molar-refractivity contribution >= 4 is 17.5 Å². The fourth-order valence-electron chi connectivity index (χ4n) is 3.73. The van der Waals surface area contributed by atoms with E-state index >= 15 is 0 Å². The number of nitrogens with zero attached hydrogens (tertiary/aromatic N) is 4. The van der Waals surface area contributed by atoms with Gasteiger partial charge in [-0.1, -0.05) is 18.2 Å². The Kier molecular flexibility index (Phi) is 3.80. The third-order valence-corrected chi connectivity index (χ3v) is 5.08. The standard InChI is InChI=1S/C18H20N4O3/c1-20-15-5-3-2-4-13(15)14(8-17(20)24)18(25)21-10-12-9-19-22(6-7-23)16(12)11-21/h2-5,9,14,23H,6-8,10-11H2,1H3. The van der Waals surface area contributed by atoms with Crippen LogP contribution in [0.3, 0.4) is 0 Å². The zero-order valence-electron chi connectivity index (χ0n) is 14.1. The molecule has 1 unspecified atom stereocenters. The van der Waals surface area contributed by atoms with Crippen molar-refractivity contribution < 1.29 is 14.7 Å². The number of hydrogen-bond donors (Lipinski definition) is 1. The first-order valence-corrected chi connectivity index (χ1v) is 8.39. The molecule has 2 aliphatic rings. The first kappa shape index (κ1) is 15.8. The highest BCUT2D eigenvalue weighted by Gasteiger charge is 2.38. The summed E-state index contributed by atoms with van der Waals surface area (Å²) in [7, 11) is 1.75. The minimum absolute atomic E-state index is 0.0128. The van der Waals surface area contributed by atoms with Crippen molar-refractivity contribution in [2.45, 2.75) is 32.0 Å². The molecule has 0 radical (unpaired) electrons. The highest BCUT2D eigenvalue weighted by atomic mass is 16.3. The summed E-state index contributed by atoms with van der Waals surface area (Å²) in [6, 6.07) is 7.59. The van der Waals surface area contributed by atoms with E-state index in [2.05, 4.69) is 5.10 Å². The molecule has 2 aromatic rings. The minimum atomic E-state index is -0.442. The normalized spacial score (nSPS) is 19.1. The van der Waals surface area contributed by atoms with Crippen molar-refractivity contribution in [3.63, 3.8) is 0 Å². The lowest BCUT2D eigenvalue weighted by molar-refractivity contribution is -0.135. The summed E-state index contributed by atoms with van der Waals surface area (Å²) in [5.41, 5.74) is 3.69. The topological polar surface area (TPSA) is 78.7 Å². The van der Waals surface area contributed by atoms with Crippen molar-refractivity contribution in [3.8, 4) is 0 Å². The molecule has 1 aromatic carbocycles. The van der Waals surface area contributed by atoms with Crippen LogP contribution >= 0.6 is 0 Å². The second-order valence-corrected chi connectivity index (χ2v) is 6.53. The van der Waals surface area contributed by atoms with Crippen LogP contribution in [0.4, 0.5) is 5.69 Å². The van der Waals surface area contributed by atoms with Gasteiger partial charge < -0.3 is 14.9 Å². The monoisotopic (exact) mass is 340 g/mol. The van der Waals surface area contributed by atoms with Crippen molar-refractivity contribution in [1.82, 2.24) is 14.7 Å². The number of carbonyl (C=O) groups is 2. The van der Waals surface area contributed by atoms with Crippen LogP contribution in [0.2, 0.25) is 0 Å². The number of aliphatic hydroxyl groups excluding tert-OH is 1. The number of para-hydroxylation sites is 1. The van der Waals surface area contributed by atoms with Gasteiger partial charge in [0.25, 0.3) is 0 Å². The van der Waals surface area contributed by atoms with Crippen LogP contribution in [-0.4, -0.2) is 45.3 Å². The second-order valence-electron chi connectivity index (χ2n) is 6.53. The van der Waals surface area contributed by atoms with Crippen LogP contribution in [0, 0.1) is 0 Å². The van der Waals surface area contributed by atoms with E-state index in [1.54, 1.807) is 27.7 Å². The summed E-state index contributed by atoms with van der Waals surface area (Å²) in [5.74, 6) is -0.510. The number of anilines is 1. The van der Waals surface area contributed by atoms with Gasteiger partial charge in [-0.05, 0) is 11.6 Å². The van der Waals surface area contributed by atoms with Crippen LogP contribution in [0.15, 0.2) is 30.5 Å². The number of aromatic nitrogens is 2. The molecule has 0 bridgehead atoms. The molecule has 7 nitrogen and oxygen atoms in total. The van der Waals surface area contributed by atoms with Gasteiger partial charge in [-0.3, -0.25) is 14.3 Å². The number of carbonyl (C=O) groups excluding carboxylic acids is 2. The summed E-state index contributed by atoms with van der Waals surface area (Å²) >= 11 is 0. The van der Waals surface area contributed by atoms with E-state index in [0.29, 0.717) is 19.6 Å². The lowest BCUT2D eigenvalue weighted by atomic mass is 9.88. The van der Waals surface area contributed by atoms with Gasteiger partial charge in [0.05, 0.1) is 37.5 Å². The van der Waals surface area contributed by atoms with Gasteiger partial charge in [0.2, 0.25) is 11.8 Å². The number of aliphatic hydroxyl groups is 1. The Balaban J connectivity index is 1.60. The largest absolute Gasteiger partial charge is 0.394 e. The highest BCUT2D eigenvalue weighted by Crippen LogP contribution is 2.37. The number of hydrogen-bond acceptors (Lipinski definition) is 4. The van der Waals surface area contributed by atoms with Gasteiger partial charge in [0.1, 0.15) is 0 Å². The Labute approximate surface area is 145 Å². The van der Waals surface area contributed by atoms with Crippen molar-refractivity contribution in [2.75, 3.05) is 18.6 Å². The lowest BCUT2D eigenvalue weighted by Crippen LogP contribution is -2.40. The van der Waals surface area contributed by atoms with E-state index < -0.39 is 5.92 Å². The van der Waals surface area contributed by atoms with Crippen LogP contribution in [0.5, 0.6) is 0 Å². The van der Waals surface area contributed by atoms with E-state index in [0.717, 1.165) is 22.5 Å². The van der Waals surface area contributed by atoms with Gasteiger partial charge in [0, 0.05) is 31.3 Å². The fourth-order valence-corrected chi connectivity index (χ4v) is 3.73. The average Bonchev–Trinajstić information content (AvgIpc) is 3.20. The Morgan fingerprint density at radius 1 is 1.32 bits per heavy atom. The van der Waals surface area contributed by atoms with Crippen LogP contribution in [-0.2, 0) is 29.2 Å². The average molecular weight is 340 g/mol. The number of amides is 2. The maximum atomic E-state index is 13.1. The fraction of sp³-hybridized carbons (Fsp3) is 0.389. The Morgan fingerprint density at radius 3 is 2.92 bits per heavy atom. The summed E-state index contributed by atoms with van der Waals surface area (Å²) in [6.07, 6.45) is 1.95. The number of rotatable bonds is 3. The zero-order chi connectivity index (χ0) is 17.6. The molecule has 0 fully saturated rings. The molecular formula is C18H20N4O3. The predicted molar refractivity (Wildman–Crippen MR) is 90.8 cm³/mol. The molecule has 4 rings (SSSR count). The molecule has 3 heterocycles. The van der Waals surface area contributed by atoms with E-state index in [-0.39, 0.29) is 24.8 Å². The van der Waals surface area contributed by atoms with Gasteiger partial charge in [0.15, 0.2) is 0 Å². The highest BCUT2D eigenvalue weighted by molar-refractivity contribution is 6.02. The molecule has 0 saturated heterocycles. The lowest BCUT2D eigenvalue weighted by Gasteiger charge is -2.32. The maximum Gasteiger partial charge on any atom is 0.231 e. The van der Waals surface area contributed by atoms with E-state index in [1.807, 2.05) is 24.3 Å². The molecular weight excluding hydrogens is 320 g/mol. The van der Waals surface area contributed by atoms with E-state index in [4.69, 9.17) is 5.11 Å². The molecule has 0 saturated carbocycles. The number of fused-ring (bicyclic) bond motifs is 2. The van der Waals surface area contributed by atoms with Crippen molar-refractivity contribution in [1.29, 1.82) is 0 Å². The van der Waals surface area contributed by atoms with Gasteiger partial charge in [-0.15, -0.1) is 0 Å². The summed E-state index contributed by atoms with van der Waals surface area (Å²) in [6.45, 7) is 1.41. The summed E-state index contributed by atoms with van der Waals surface area (Å²) < 4.78 is 1.75. The van der Waals surface area contributed by atoms with Crippen LogP contribution < -0.4 is 4.90 Å². The SMILES string of the molecule is CN1C(=O)CC(C(=O)N2Cc3cnn(CCO)c3C2)c2ccccc21. The Hall–Kier alpha value is -2.67. The van der Waals surface area contributed by atoms with E-state index in [1.165, 1.54) is 0 Å². The molecule has 0 aliphatic carbocycles. The van der Waals surface area contributed by atoms with Crippen molar-refractivity contribution in [2.24, 2.45) is 0 Å². The van der Waals surface area contributed by atoms with Crippen LogP contribution in [0.25, 0.3) is 0 Å². The summed E-state index contributed by atoms with van der Waals surface area (Å²) in [4.78, 5) is 28.8. The molecule has 25 heavy (non-hydrogen) atoms. The minimum Gasteiger partial charge on any atom is -0.394 e. The molecule has 1 N–H and O–H groups in total. The maximum absolute atomic E-state index is 13.1. The van der Waals surface area contributed by atoms with Crippen LogP contribution in [0.1, 0.15) is 29.2 Å². The second kappa shape index (κ2) is 6.00. The quantitative estimate of drug-likeness (QED) is 0.899. The molecule has 1 atom stereocenters. The zero-order valence-corrected chi connectivity index (χ0v) is 14.1. The Morgan fingerprint density at radius 2 is 2.12 bits per heavy atom.